The first-order valence-electron chi connectivity index (χ1n) is 10.3. The monoisotopic (exact) mass is 388 g/mol. The fourth-order valence-electron chi connectivity index (χ4n) is 4.37. The molecule has 30 heavy (non-hydrogen) atoms. The molecule has 0 saturated heterocycles. The van der Waals surface area contributed by atoms with E-state index in [1.807, 2.05) is 0 Å². The first-order valence-corrected chi connectivity index (χ1v) is 10.3. The number of nitrogens with zero attached hydrogens (tertiary/aromatic N) is 2. The molecule has 0 fully saturated rings. The predicted molar refractivity (Wildman–Crippen MR) is 124 cm³/mol. The van der Waals surface area contributed by atoms with Crippen molar-refractivity contribution in [3.8, 4) is 11.3 Å². The lowest BCUT2D eigenvalue weighted by Gasteiger charge is -2.08. The van der Waals surface area contributed by atoms with Gasteiger partial charge in [-0.1, -0.05) is 68.4 Å². The van der Waals surface area contributed by atoms with Crippen molar-refractivity contribution in [2.75, 3.05) is 0 Å². The number of furan rings is 1. The third-order valence-electron chi connectivity index (χ3n) is 5.97. The Morgan fingerprint density at radius 3 is 2.47 bits per heavy atom. The van der Waals surface area contributed by atoms with Crippen LogP contribution in [0.2, 0.25) is 0 Å². The van der Waals surface area contributed by atoms with E-state index in [1.54, 1.807) is 6.33 Å². The average molecular weight is 388 g/mol. The van der Waals surface area contributed by atoms with E-state index < -0.39 is 0 Å². The summed E-state index contributed by atoms with van der Waals surface area (Å²) in [6.07, 6.45) is 1.66. The topological polar surface area (TPSA) is 38.9 Å². The lowest BCUT2D eigenvalue weighted by Crippen LogP contribution is -1.90. The second-order valence-corrected chi connectivity index (χ2v) is 8.10. The largest absolute Gasteiger partial charge is 0.455 e. The molecule has 0 saturated carbocycles. The third-order valence-corrected chi connectivity index (χ3v) is 5.97. The van der Waals surface area contributed by atoms with Gasteiger partial charge in [0.15, 0.2) is 0 Å². The fourth-order valence-corrected chi connectivity index (χ4v) is 4.37. The Morgan fingerprint density at radius 2 is 1.57 bits per heavy atom. The van der Waals surface area contributed by atoms with Gasteiger partial charge < -0.3 is 4.42 Å². The molecular weight excluding hydrogens is 368 g/mol. The summed E-state index contributed by atoms with van der Waals surface area (Å²) in [6, 6.07) is 25.4. The van der Waals surface area contributed by atoms with Gasteiger partial charge in [-0.2, -0.15) is 0 Å². The van der Waals surface area contributed by atoms with Crippen molar-refractivity contribution in [2.45, 2.75) is 19.8 Å². The highest BCUT2D eigenvalue weighted by Gasteiger charge is 2.16. The Labute approximate surface area is 174 Å². The maximum atomic E-state index is 6.40. The van der Waals surface area contributed by atoms with E-state index in [-0.39, 0.29) is 0 Å². The van der Waals surface area contributed by atoms with Gasteiger partial charge >= 0.3 is 0 Å². The first-order chi connectivity index (χ1) is 14.7. The molecule has 0 bridgehead atoms. The van der Waals surface area contributed by atoms with Crippen molar-refractivity contribution >= 4 is 43.6 Å². The summed E-state index contributed by atoms with van der Waals surface area (Å²) in [6.45, 7) is 4.40. The van der Waals surface area contributed by atoms with Crippen LogP contribution in [-0.4, -0.2) is 9.97 Å². The molecule has 0 unspecified atom stereocenters. The van der Waals surface area contributed by atoms with E-state index in [1.165, 1.54) is 10.9 Å². The first kappa shape index (κ1) is 17.2. The van der Waals surface area contributed by atoms with Crippen molar-refractivity contribution in [1.29, 1.82) is 0 Å². The minimum atomic E-state index is 0.459. The molecule has 2 heterocycles. The highest BCUT2D eigenvalue weighted by Crippen LogP contribution is 2.38. The van der Waals surface area contributed by atoms with Gasteiger partial charge in [0.1, 0.15) is 17.5 Å². The van der Waals surface area contributed by atoms with Crippen LogP contribution in [0.1, 0.15) is 25.3 Å². The molecule has 144 valence electrons. The molecule has 6 rings (SSSR count). The van der Waals surface area contributed by atoms with Gasteiger partial charge in [0.2, 0.25) is 0 Å². The number of hydrogen-bond acceptors (Lipinski definition) is 3. The summed E-state index contributed by atoms with van der Waals surface area (Å²) >= 11 is 0. The Kier molecular flexibility index (Phi) is 3.66. The van der Waals surface area contributed by atoms with Gasteiger partial charge in [-0.3, -0.25) is 0 Å². The van der Waals surface area contributed by atoms with Gasteiger partial charge in [-0.25, -0.2) is 9.97 Å². The summed E-state index contributed by atoms with van der Waals surface area (Å²) in [5.74, 6) is 0.459. The van der Waals surface area contributed by atoms with Crippen molar-refractivity contribution < 1.29 is 4.42 Å². The van der Waals surface area contributed by atoms with Crippen LogP contribution in [0.4, 0.5) is 0 Å². The molecule has 0 aliphatic heterocycles. The SMILES string of the molecule is CC(C)c1ccc2c(c1)oc1c(-c3ncnc4c3ccc3ccccc34)cccc12. The van der Waals surface area contributed by atoms with Gasteiger partial charge in [0.25, 0.3) is 0 Å². The molecule has 0 radical (unpaired) electrons. The highest BCUT2D eigenvalue weighted by atomic mass is 16.3. The molecule has 3 heteroatoms. The zero-order chi connectivity index (χ0) is 20.2. The number of aromatic nitrogens is 2. The summed E-state index contributed by atoms with van der Waals surface area (Å²) in [5.41, 5.74) is 5.95. The van der Waals surface area contributed by atoms with Crippen LogP contribution in [0.15, 0.2) is 83.5 Å². The summed E-state index contributed by atoms with van der Waals surface area (Å²) < 4.78 is 6.40. The normalized spacial score (nSPS) is 12.0. The zero-order valence-corrected chi connectivity index (χ0v) is 16.9. The lowest BCUT2D eigenvalue weighted by molar-refractivity contribution is 0.668. The molecule has 4 aromatic carbocycles. The van der Waals surface area contributed by atoms with Crippen LogP contribution in [0.3, 0.4) is 0 Å². The maximum Gasteiger partial charge on any atom is 0.144 e. The molecule has 2 aromatic heterocycles. The zero-order valence-electron chi connectivity index (χ0n) is 16.9. The number of fused-ring (bicyclic) bond motifs is 6. The molecule has 0 amide bonds. The number of benzene rings is 4. The van der Waals surface area contributed by atoms with Crippen molar-refractivity contribution in [1.82, 2.24) is 9.97 Å². The highest BCUT2D eigenvalue weighted by molar-refractivity contribution is 6.14. The van der Waals surface area contributed by atoms with Crippen LogP contribution >= 0.6 is 0 Å². The minimum absolute atomic E-state index is 0.459. The van der Waals surface area contributed by atoms with E-state index >= 15 is 0 Å². The quantitative estimate of drug-likeness (QED) is 0.289. The smallest absolute Gasteiger partial charge is 0.144 e. The standard InChI is InChI=1S/C27H20N2O/c1-16(2)18-11-12-20-21-8-5-9-23(27(21)30-24(20)14-18)26-22-13-10-17-6-3-4-7-19(17)25(22)28-15-29-26/h3-16H,1-2H3. The van der Waals surface area contributed by atoms with Crippen LogP contribution in [-0.2, 0) is 0 Å². The lowest BCUT2D eigenvalue weighted by atomic mass is 9.99. The van der Waals surface area contributed by atoms with Crippen LogP contribution < -0.4 is 0 Å². The molecule has 0 aliphatic rings. The van der Waals surface area contributed by atoms with E-state index in [0.29, 0.717) is 5.92 Å². The Balaban J connectivity index is 1.67. The van der Waals surface area contributed by atoms with Crippen molar-refractivity contribution in [2.24, 2.45) is 0 Å². The second-order valence-electron chi connectivity index (χ2n) is 8.10. The van der Waals surface area contributed by atoms with Gasteiger partial charge in [0, 0.05) is 27.1 Å². The predicted octanol–water partition coefficient (Wildman–Crippen LogP) is 7.47. The molecule has 6 aromatic rings. The molecule has 0 spiro atoms. The van der Waals surface area contributed by atoms with Crippen LogP contribution in [0, 0.1) is 0 Å². The van der Waals surface area contributed by atoms with E-state index in [4.69, 9.17) is 4.42 Å². The fraction of sp³-hybridized carbons (Fsp3) is 0.111. The Bertz CT molecular complexity index is 1580. The second kappa shape index (κ2) is 6.39. The molecular formula is C27H20N2O. The average Bonchev–Trinajstić information content (AvgIpc) is 3.16. The van der Waals surface area contributed by atoms with Crippen molar-refractivity contribution in [3.63, 3.8) is 0 Å². The van der Waals surface area contributed by atoms with Crippen molar-refractivity contribution in [3.05, 3.63) is 84.7 Å². The summed E-state index contributed by atoms with van der Waals surface area (Å²) in [5, 5.41) is 5.60. The summed E-state index contributed by atoms with van der Waals surface area (Å²) in [4.78, 5) is 9.29. The maximum absolute atomic E-state index is 6.40. The van der Waals surface area contributed by atoms with E-state index in [2.05, 4.69) is 96.6 Å². The Hall–Kier alpha value is -3.72. The van der Waals surface area contributed by atoms with Gasteiger partial charge in [0.05, 0.1) is 11.2 Å². The van der Waals surface area contributed by atoms with Gasteiger partial charge in [-0.05, 0) is 35.1 Å². The van der Waals surface area contributed by atoms with E-state index in [0.717, 1.165) is 49.5 Å². The van der Waals surface area contributed by atoms with Crippen LogP contribution in [0.5, 0.6) is 0 Å². The molecule has 0 aliphatic carbocycles. The summed E-state index contributed by atoms with van der Waals surface area (Å²) in [7, 11) is 0. The molecule has 0 atom stereocenters. The minimum Gasteiger partial charge on any atom is -0.455 e. The van der Waals surface area contributed by atoms with Gasteiger partial charge in [-0.15, -0.1) is 0 Å². The Morgan fingerprint density at radius 1 is 0.733 bits per heavy atom. The van der Waals surface area contributed by atoms with Crippen LogP contribution in [0.25, 0.3) is 54.9 Å². The molecule has 0 N–H and O–H groups in total. The number of rotatable bonds is 2. The number of para-hydroxylation sites is 1. The third kappa shape index (κ3) is 2.45. The number of hydrogen-bond donors (Lipinski definition) is 0. The molecule has 3 nitrogen and oxygen atoms in total. The van der Waals surface area contributed by atoms with E-state index in [9.17, 15) is 0 Å².